The van der Waals surface area contributed by atoms with Crippen LogP contribution in [0.5, 0.6) is 0 Å². The van der Waals surface area contributed by atoms with Gasteiger partial charge in [-0.3, -0.25) is 19.3 Å². The maximum absolute atomic E-state index is 13.3. The molecule has 9 nitrogen and oxygen atoms in total. The molecule has 1 unspecified atom stereocenters. The molecule has 0 aromatic heterocycles. The summed E-state index contributed by atoms with van der Waals surface area (Å²) in [4.78, 5) is 52.3. The standard InChI is InChI=1S/C23H22FN3O6S/c1-3-33-22(31)14-4-10-17(11-5-14)27-21(30)18(26(23(27)34)13-20(29)32-2)12-19(28)25-16-8-6-15(24)7-9-16/h4-11,18H,3,12-13H2,1-2H3,(H,25,28). The van der Waals surface area contributed by atoms with Gasteiger partial charge in [0, 0.05) is 5.69 Å². The number of thiocarbonyl (C=S) groups is 1. The van der Waals surface area contributed by atoms with E-state index >= 15 is 0 Å². The number of rotatable bonds is 8. The second kappa shape index (κ2) is 10.8. The van der Waals surface area contributed by atoms with Crippen molar-refractivity contribution in [3.05, 3.63) is 59.9 Å². The molecule has 0 radical (unpaired) electrons. The minimum atomic E-state index is -1.07. The van der Waals surface area contributed by atoms with Gasteiger partial charge in [-0.25, -0.2) is 9.18 Å². The molecule has 2 amide bonds. The predicted molar refractivity (Wildman–Crippen MR) is 125 cm³/mol. The van der Waals surface area contributed by atoms with Crippen LogP contribution in [0.2, 0.25) is 0 Å². The van der Waals surface area contributed by atoms with Crippen molar-refractivity contribution in [1.29, 1.82) is 0 Å². The lowest BCUT2D eigenvalue weighted by Gasteiger charge is -2.22. The fourth-order valence-corrected chi connectivity index (χ4v) is 3.72. The Bertz CT molecular complexity index is 1110. The van der Waals surface area contributed by atoms with E-state index in [4.69, 9.17) is 21.7 Å². The Hall–Kier alpha value is -3.86. The van der Waals surface area contributed by atoms with Crippen LogP contribution >= 0.6 is 12.2 Å². The number of nitrogens with one attached hydrogen (secondary N) is 1. The molecule has 0 saturated carbocycles. The zero-order chi connectivity index (χ0) is 24.8. The molecular weight excluding hydrogens is 465 g/mol. The second-order valence-corrected chi connectivity index (χ2v) is 7.57. The lowest BCUT2D eigenvalue weighted by molar-refractivity contribution is -0.141. The third-order valence-electron chi connectivity index (χ3n) is 4.99. The van der Waals surface area contributed by atoms with E-state index in [2.05, 4.69) is 5.32 Å². The third kappa shape index (κ3) is 5.54. The van der Waals surface area contributed by atoms with Crippen LogP contribution < -0.4 is 10.2 Å². The Morgan fingerprint density at radius 2 is 1.74 bits per heavy atom. The summed E-state index contributed by atoms with van der Waals surface area (Å²) in [7, 11) is 1.20. The van der Waals surface area contributed by atoms with Gasteiger partial charge in [0.25, 0.3) is 5.91 Å². The molecule has 2 aromatic rings. The number of carbonyl (C=O) groups is 4. The smallest absolute Gasteiger partial charge is 0.338 e. The van der Waals surface area contributed by atoms with E-state index in [0.717, 1.165) is 0 Å². The average Bonchev–Trinajstić information content (AvgIpc) is 3.04. The number of methoxy groups -OCH3 is 1. The summed E-state index contributed by atoms with van der Waals surface area (Å²) in [5.41, 5.74) is 1.01. The van der Waals surface area contributed by atoms with Crippen molar-refractivity contribution in [3.8, 4) is 0 Å². The summed E-state index contributed by atoms with van der Waals surface area (Å²) in [5, 5.41) is 2.60. The lowest BCUT2D eigenvalue weighted by atomic mass is 10.1. The lowest BCUT2D eigenvalue weighted by Crippen LogP contribution is -2.41. The Labute approximate surface area is 200 Å². The summed E-state index contributed by atoms with van der Waals surface area (Å²) in [5.74, 6) is -2.65. The highest BCUT2D eigenvalue weighted by Gasteiger charge is 2.45. The van der Waals surface area contributed by atoms with Crippen molar-refractivity contribution in [2.75, 3.05) is 30.5 Å². The molecule has 0 aliphatic carbocycles. The molecule has 1 fully saturated rings. The summed E-state index contributed by atoms with van der Waals surface area (Å²) in [6.07, 6.45) is -0.315. The van der Waals surface area contributed by atoms with Crippen LogP contribution in [-0.4, -0.2) is 60.1 Å². The third-order valence-corrected chi connectivity index (χ3v) is 5.41. The minimum absolute atomic E-state index is 0.0128. The highest BCUT2D eigenvalue weighted by atomic mass is 32.1. The second-order valence-electron chi connectivity index (χ2n) is 7.20. The van der Waals surface area contributed by atoms with Crippen molar-refractivity contribution < 1.29 is 33.0 Å². The molecule has 1 N–H and O–H groups in total. The molecule has 1 heterocycles. The van der Waals surface area contributed by atoms with Gasteiger partial charge in [0.15, 0.2) is 5.11 Å². The van der Waals surface area contributed by atoms with Gasteiger partial charge in [-0.05, 0) is 67.7 Å². The zero-order valence-corrected chi connectivity index (χ0v) is 19.3. The van der Waals surface area contributed by atoms with E-state index in [1.807, 2.05) is 0 Å². The van der Waals surface area contributed by atoms with Gasteiger partial charge in [-0.2, -0.15) is 0 Å². The summed E-state index contributed by atoms with van der Waals surface area (Å²) >= 11 is 5.45. The van der Waals surface area contributed by atoms with Crippen LogP contribution in [0.3, 0.4) is 0 Å². The number of esters is 2. The fraction of sp³-hybridized carbons (Fsp3) is 0.261. The normalized spacial score (nSPS) is 15.3. The molecule has 1 atom stereocenters. The summed E-state index contributed by atoms with van der Waals surface area (Å²) in [6.45, 7) is 1.57. The van der Waals surface area contributed by atoms with Crippen molar-refractivity contribution >= 4 is 52.5 Å². The number of benzene rings is 2. The van der Waals surface area contributed by atoms with Crippen LogP contribution in [0.15, 0.2) is 48.5 Å². The van der Waals surface area contributed by atoms with Crippen molar-refractivity contribution in [2.45, 2.75) is 19.4 Å². The van der Waals surface area contributed by atoms with Crippen molar-refractivity contribution in [2.24, 2.45) is 0 Å². The zero-order valence-electron chi connectivity index (χ0n) is 18.4. The van der Waals surface area contributed by atoms with Gasteiger partial charge in [0.2, 0.25) is 5.91 Å². The van der Waals surface area contributed by atoms with E-state index < -0.39 is 35.6 Å². The first-order chi connectivity index (χ1) is 16.2. The predicted octanol–water partition coefficient (Wildman–Crippen LogP) is 2.51. The number of anilines is 2. The average molecular weight is 488 g/mol. The van der Waals surface area contributed by atoms with E-state index in [1.54, 1.807) is 6.92 Å². The van der Waals surface area contributed by atoms with Crippen LogP contribution in [-0.2, 0) is 23.9 Å². The minimum Gasteiger partial charge on any atom is -0.468 e. The molecule has 1 aliphatic heterocycles. The highest BCUT2D eigenvalue weighted by Crippen LogP contribution is 2.28. The first-order valence-corrected chi connectivity index (χ1v) is 10.7. The van der Waals surface area contributed by atoms with E-state index in [0.29, 0.717) is 16.9 Å². The molecule has 0 bridgehead atoms. The number of hydrogen-bond donors (Lipinski definition) is 1. The molecule has 0 spiro atoms. The number of carbonyl (C=O) groups excluding carboxylic acids is 4. The van der Waals surface area contributed by atoms with Crippen LogP contribution in [0, 0.1) is 5.82 Å². The van der Waals surface area contributed by atoms with Gasteiger partial charge in [0.05, 0.1) is 31.4 Å². The first-order valence-electron chi connectivity index (χ1n) is 10.3. The van der Waals surface area contributed by atoms with Gasteiger partial charge < -0.3 is 19.7 Å². The number of nitrogens with zero attached hydrogens (tertiary/aromatic N) is 2. The Kier molecular flexibility index (Phi) is 7.90. The number of ether oxygens (including phenoxy) is 2. The largest absolute Gasteiger partial charge is 0.468 e. The molecule has 1 aliphatic rings. The molecule has 178 valence electrons. The van der Waals surface area contributed by atoms with E-state index in [9.17, 15) is 23.6 Å². The highest BCUT2D eigenvalue weighted by molar-refractivity contribution is 7.80. The van der Waals surface area contributed by atoms with E-state index in [1.165, 1.54) is 65.4 Å². The number of halogens is 1. The first kappa shape index (κ1) is 24.8. The number of hydrogen-bond acceptors (Lipinski definition) is 7. The summed E-state index contributed by atoms with van der Waals surface area (Å²) < 4.78 is 22.8. The van der Waals surface area contributed by atoms with E-state index in [-0.39, 0.29) is 24.7 Å². The monoisotopic (exact) mass is 487 g/mol. The van der Waals surface area contributed by atoms with Crippen molar-refractivity contribution in [3.63, 3.8) is 0 Å². The van der Waals surface area contributed by atoms with Crippen molar-refractivity contribution in [1.82, 2.24) is 4.90 Å². The quantitative estimate of drug-likeness (QED) is 0.447. The molecular formula is C23H22FN3O6S. The fourth-order valence-electron chi connectivity index (χ4n) is 3.34. The number of amides is 2. The Morgan fingerprint density at radius 3 is 2.32 bits per heavy atom. The van der Waals surface area contributed by atoms with Gasteiger partial charge in [0.1, 0.15) is 18.4 Å². The molecule has 2 aromatic carbocycles. The SMILES string of the molecule is CCOC(=O)c1ccc(N2C(=O)C(CC(=O)Nc3ccc(F)cc3)N(CC(=O)OC)C2=S)cc1. The van der Waals surface area contributed by atoms with Crippen LogP contribution in [0.4, 0.5) is 15.8 Å². The molecule has 34 heavy (non-hydrogen) atoms. The van der Waals surface area contributed by atoms with Crippen LogP contribution in [0.1, 0.15) is 23.7 Å². The molecule has 1 saturated heterocycles. The maximum Gasteiger partial charge on any atom is 0.338 e. The summed E-state index contributed by atoms with van der Waals surface area (Å²) in [6, 6.07) is 10.1. The Balaban J connectivity index is 1.82. The molecule has 11 heteroatoms. The van der Waals surface area contributed by atoms with Crippen LogP contribution in [0.25, 0.3) is 0 Å². The molecule has 3 rings (SSSR count). The maximum atomic E-state index is 13.3. The van der Waals surface area contributed by atoms with Gasteiger partial charge in [-0.1, -0.05) is 0 Å². The van der Waals surface area contributed by atoms with Gasteiger partial charge in [-0.15, -0.1) is 0 Å². The topological polar surface area (TPSA) is 105 Å². The van der Waals surface area contributed by atoms with Gasteiger partial charge >= 0.3 is 11.9 Å². The Morgan fingerprint density at radius 1 is 1.09 bits per heavy atom.